The van der Waals surface area contributed by atoms with E-state index in [1.807, 2.05) is 6.92 Å². The summed E-state index contributed by atoms with van der Waals surface area (Å²) in [6.07, 6.45) is 6.06. The molecule has 0 spiro atoms. The molecule has 21 heavy (non-hydrogen) atoms. The molecule has 0 unspecified atom stereocenters. The maximum atomic E-state index is 13.1. The quantitative estimate of drug-likeness (QED) is 0.742. The third kappa shape index (κ3) is 3.32. The number of carbonyl (C=O) groups excluding carboxylic acids is 1. The average Bonchev–Trinajstić information content (AvgIpc) is 2.82. The SMILES string of the molecule is CCCn1ncc(Cl)c1C(=O)C1(OCC)CCC(C)CC1. The minimum absolute atomic E-state index is 0.00667. The first kappa shape index (κ1) is 16.5. The van der Waals surface area contributed by atoms with E-state index in [0.717, 1.165) is 32.1 Å². The second-order valence-electron chi connectivity index (χ2n) is 6.00. The Morgan fingerprint density at radius 1 is 1.48 bits per heavy atom. The van der Waals surface area contributed by atoms with Gasteiger partial charge in [-0.2, -0.15) is 5.10 Å². The topological polar surface area (TPSA) is 44.1 Å². The van der Waals surface area contributed by atoms with Gasteiger partial charge < -0.3 is 4.74 Å². The molecule has 1 aromatic heterocycles. The van der Waals surface area contributed by atoms with E-state index in [-0.39, 0.29) is 5.78 Å². The molecule has 1 fully saturated rings. The summed E-state index contributed by atoms with van der Waals surface area (Å²) < 4.78 is 7.67. The van der Waals surface area contributed by atoms with E-state index in [1.54, 1.807) is 10.9 Å². The zero-order valence-corrected chi connectivity index (χ0v) is 13.9. The van der Waals surface area contributed by atoms with Crippen molar-refractivity contribution in [3.63, 3.8) is 0 Å². The lowest BCUT2D eigenvalue weighted by Crippen LogP contribution is -2.45. The molecule has 0 N–H and O–H groups in total. The number of rotatable bonds is 6. The highest BCUT2D eigenvalue weighted by molar-refractivity contribution is 6.34. The van der Waals surface area contributed by atoms with E-state index in [2.05, 4.69) is 18.9 Å². The Bertz CT molecular complexity index is 490. The first-order chi connectivity index (χ1) is 10.0. The summed E-state index contributed by atoms with van der Waals surface area (Å²) in [4.78, 5) is 13.1. The molecule has 0 aliphatic heterocycles. The Hall–Kier alpha value is -0.870. The standard InChI is InChI=1S/C16H25ClN2O2/c1-4-10-19-14(13(17)11-18-19)15(20)16(21-5-2)8-6-12(3)7-9-16/h11-12H,4-10H2,1-3H3. The molecule has 4 nitrogen and oxygen atoms in total. The molecular formula is C16H25ClN2O2. The maximum absolute atomic E-state index is 13.1. The lowest BCUT2D eigenvalue weighted by atomic mass is 9.76. The van der Waals surface area contributed by atoms with Gasteiger partial charge in [0, 0.05) is 13.2 Å². The third-order valence-corrected chi connectivity index (χ3v) is 4.64. The van der Waals surface area contributed by atoms with E-state index in [4.69, 9.17) is 16.3 Å². The van der Waals surface area contributed by atoms with Gasteiger partial charge in [-0.3, -0.25) is 9.48 Å². The largest absolute Gasteiger partial charge is 0.367 e. The second-order valence-corrected chi connectivity index (χ2v) is 6.41. The molecule has 2 rings (SSSR count). The van der Waals surface area contributed by atoms with Crippen LogP contribution >= 0.6 is 11.6 Å². The number of hydrogen-bond donors (Lipinski definition) is 0. The van der Waals surface area contributed by atoms with Crippen LogP contribution in [0.3, 0.4) is 0 Å². The van der Waals surface area contributed by atoms with Gasteiger partial charge in [0.05, 0.1) is 11.2 Å². The van der Waals surface area contributed by atoms with Crippen molar-refractivity contribution < 1.29 is 9.53 Å². The van der Waals surface area contributed by atoms with Crippen LogP contribution in [0.1, 0.15) is 63.4 Å². The number of ketones is 1. The van der Waals surface area contributed by atoms with Crippen LogP contribution in [-0.4, -0.2) is 27.8 Å². The van der Waals surface area contributed by atoms with Crippen LogP contribution < -0.4 is 0 Å². The van der Waals surface area contributed by atoms with E-state index < -0.39 is 5.60 Å². The van der Waals surface area contributed by atoms with Crippen LogP contribution in [0, 0.1) is 5.92 Å². The molecule has 118 valence electrons. The molecule has 1 saturated carbocycles. The Labute approximate surface area is 131 Å². The fraction of sp³-hybridized carbons (Fsp3) is 0.750. The summed E-state index contributed by atoms with van der Waals surface area (Å²) >= 11 is 6.23. The summed E-state index contributed by atoms with van der Waals surface area (Å²) in [5, 5.41) is 4.67. The number of aryl methyl sites for hydroxylation is 1. The van der Waals surface area contributed by atoms with Crippen molar-refractivity contribution in [2.45, 2.75) is 65.0 Å². The smallest absolute Gasteiger partial charge is 0.214 e. The first-order valence-corrected chi connectivity index (χ1v) is 8.32. The average molecular weight is 313 g/mol. The van der Waals surface area contributed by atoms with Gasteiger partial charge in [0.15, 0.2) is 0 Å². The number of nitrogens with zero attached hydrogens (tertiary/aromatic N) is 2. The van der Waals surface area contributed by atoms with Gasteiger partial charge in [0.1, 0.15) is 11.3 Å². The van der Waals surface area contributed by atoms with Crippen LogP contribution in [0.5, 0.6) is 0 Å². The van der Waals surface area contributed by atoms with E-state index in [9.17, 15) is 4.79 Å². The Morgan fingerprint density at radius 2 is 2.14 bits per heavy atom. The summed E-state index contributed by atoms with van der Waals surface area (Å²) in [7, 11) is 0. The van der Waals surface area contributed by atoms with Crippen molar-refractivity contribution >= 4 is 17.4 Å². The summed E-state index contributed by atoms with van der Waals surface area (Å²) in [5.41, 5.74) is -0.197. The number of hydrogen-bond acceptors (Lipinski definition) is 3. The molecule has 1 heterocycles. The van der Waals surface area contributed by atoms with E-state index in [0.29, 0.717) is 29.8 Å². The van der Waals surface area contributed by atoms with Crippen LogP contribution in [-0.2, 0) is 11.3 Å². The summed E-state index contributed by atoms with van der Waals surface area (Å²) in [6, 6.07) is 0. The van der Waals surface area contributed by atoms with Crippen LogP contribution in [0.25, 0.3) is 0 Å². The molecule has 0 aromatic carbocycles. The number of ether oxygens (including phenoxy) is 1. The summed E-state index contributed by atoms with van der Waals surface area (Å²) in [5.74, 6) is 0.662. The number of aromatic nitrogens is 2. The minimum atomic E-state index is -0.712. The number of Topliss-reactive ketones (excluding diaryl/α,β-unsaturated/α-hetero) is 1. The van der Waals surface area contributed by atoms with Crippen molar-refractivity contribution in [1.82, 2.24) is 9.78 Å². The monoisotopic (exact) mass is 312 g/mol. The van der Waals surface area contributed by atoms with Crippen LogP contribution in [0.4, 0.5) is 0 Å². The fourth-order valence-electron chi connectivity index (χ4n) is 3.13. The van der Waals surface area contributed by atoms with Gasteiger partial charge in [-0.1, -0.05) is 25.4 Å². The van der Waals surface area contributed by atoms with Crippen molar-refractivity contribution in [1.29, 1.82) is 0 Å². The molecule has 5 heteroatoms. The highest BCUT2D eigenvalue weighted by atomic mass is 35.5. The van der Waals surface area contributed by atoms with Gasteiger partial charge in [0.2, 0.25) is 5.78 Å². The molecule has 0 amide bonds. The summed E-state index contributed by atoms with van der Waals surface area (Å²) in [6.45, 7) is 7.48. The van der Waals surface area contributed by atoms with Gasteiger partial charge in [-0.25, -0.2) is 0 Å². The highest BCUT2D eigenvalue weighted by Gasteiger charge is 2.44. The zero-order valence-electron chi connectivity index (χ0n) is 13.2. The lowest BCUT2D eigenvalue weighted by molar-refractivity contribution is -0.0479. The van der Waals surface area contributed by atoms with Gasteiger partial charge in [0.25, 0.3) is 0 Å². The van der Waals surface area contributed by atoms with Crippen LogP contribution in [0.2, 0.25) is 5.02 Å². The molecule has 1 aromatic rings. The molecule has 1 aliphatic rings. The molecule has 1 aliphatic carbocycles. The van der Waals surface area contributed by atoms with E-state index >= 15 is 0 Å². The predicted octanol–water partition coefficient (Wildman–Crippen LogP) is 4.11. The van der Waals surface area contributed by atoms with Gasteiger partial charge >= 0.3 is 0 Å². The predicted molar refractivity (Wildman–Crippen MR) is 83.8 cm³/mol. The molecule has 0 atom stereocenters. The Kier molecular flexibility index (Phi) is 5.44. The normalized spacial score (nSPS) is 26.0. The van der Waals surface area contributed by atoms with Crippen LogP contribution in [0.15, 0.2) is 6.20 Å². The number of carbonyl (C=O) groups is 1. The van der Waals surface area contributed by atoms with Crippen molar-refractivity contribution in [3.8, 4) is 0 Å². The van der Waals surface area contributed by atoms with Gasteiger partial charge in [-0.15, -0.1) is 0 Å². The first-order valence-electron chi connectivity index (χ1n) is 7.94. The minimum Gasteiger partial charge on any atom is -0.367 e. The van der Waals surface area contributed by atoms with Crippen molar-refractivity contribution in [3.05, 3.63) is 16.9 Å². The molecular weight excluding hydrogens is 288 g/mol. The van der Waals surface area contributed by atoms with Gasteiger partial charge in [-0.05, 0) is 44.9 Å². The lowest BCUT2D eigenvalue weighted by Gasteiger charge is -2.37. The van der Waals surface area contributed by atoms with Crippen molar-refractivity contribution in [2.24, 2.45) is 5.92 Å². The zero-order chi connectivity index (χ0) is 15.5. The Balaban J connectivity index is 2.33. The maximum Gasteiger partial charge on any atom is 0.214 e. The Morgan fingerprint density at radius 3 is 2.71 bits per heavy atom. The number of halogens is 1. The van der Waals surface area contributed by atoms with Crippen molar-refractivity contribution in [2.75, 3.05) is 6.61 Å². The molecule has 0 saturated heterocycles. The molecule has 0 bridgehead atoms. The third-order valence-electron chi connectivity index (χ3n) is 4.36. The molecule has 0 radical (unpaired) electrons. The second kappa shape index (κ2) is 6.93. The fourth-order valence-corrected chi connectivity index (χ4v) is 3.35. The van der Waals surface area contributed by atoms with E-state index in [1.165, 1.54) is 0 Å². The highest BCUT2D eigenvalue weighted by Crippen LogP contribution is 2.38.